The number of nitrogens with zero attached hydrogens (tertiary/aromatic N) is 12. The van der Waals surface area contributed by atoms with E-state index in [0.717, 1.165) is 38.5 Å². The third-order valence-electron chi connectivity index (χ3n) is 15.0. The summed E-state index contributed by atoms with van der Waals surface area (Å²) in [6.45, 7) is 49.5. The molecule has 38 nitrogen and oxygen atoms in total. The molecule has 0 bridgehead atoms. The normalized spacial score (nSPS) is 11.5. The first-order chi connectivity index (χ1) is 57.5. The molecule has 712 valence electrons. The Hall–Kier alpha value is -3.81. The average molecular weight is 1940 g/mol. The van der Waals surface area contributed by atoms with Crippen molar-refractivity contribution in [3.05, 3.63) is 26.4 Å². The summed E-state index contributed by atoms with van der Waals surface area (Å²) >= 11 is 28.2. The van der Waals surface area contributed by atoms with Crippen LogP contribution in [0.3, 0.4) is 0 Å². The van der Waals surface area contributed by atoms with Crippen molar-refractivity contribution in [2.45, 2.75) is 222 Å². The van der Waals surface area contributed by atoms with Crippen molar-refractivity contribution in [2.75, 3.05) is 209 Å². The van der Waals surface area contributed by atoms with E-state index in [0.29, 0.717) is 243 Å². The molecule has 0 saturated carbocycles. The predicted octanol–water partition coefficient (Wildman–Crippen LogP) is 15.6. The molecule has 4 rings (SSSR count). The summed E-state index contributed by atoms with van der Waals surface area (Å²) in [6, 6.07) is 4.22. The maximum atomic E-state index is 6.12. The first kappa shape index (κ1) is 124. The fraction of sp³-hybridized carbons (Fsp3) is 0.808. The van der Waals surface area contributed by atoms with Gasteiger partial charge in [0.2, 0.25) is 68.1 Å². The van der Waals surface area contributed by atoms with Gasteiger partial charge in [0.15, 0.2) is 0 Å². The zero-order valence-electron chi connectivity index (χ0n) is 73.9. The Morgan fingerprint density at radius 2 is 0.336 bits per heavy atom. The highest BCUT2D eigenvalue weighted by Gasteiger charge is 2.44. The van der Waals surface area contributed by atoms with Crippen molar-refractivity contribution < 1.29 is 79.7 Å². The molecule has 0 aliphatic heterocycles. The van der Waals surface area contributed by atoms with Crippen molar-refractivity contribution in [1.29, 1.82) is 0 Å². The lowest BCUT2D eigenvalue weighted by Gasteiger charge is -2.28. The number of terminal acetylenes is 1. The number of hydrogen-bond donors (Lipinski definition) is 8. The first-order valence-corrected chi connectivity index (χ1v) is 54.9. The number of rotatable bonds is 69. The second-order valence-corrected chi connectivity index (χ2v) is 41.8. The molecule has 0 radical (unpaired) electrons. The molecule has 8 N–H and O–H groups in total. The molecule has 4 aromatic heterocycles. The fourth-order valence-electron chi connectivity index (χ4n) is 11.1. The summed E-state index contributed by atoms with van der Waals surface area (Å²) in [5.41, 5.74) is 0. The van der Waals surface area contributed by atoms with E-state index in [-0.39, 0.29) is 48.7 Å². The van der Waals surface area contributed by atoms with E-state index in [9.17, 15) is 0 Å². The van der Waals surface area contributed by atoms with Crippen molar-refractivity contribution >= 4 is 152 Å². The Kier molecular flexibility index (Phi) is 78.7. The number of anilines is 7. The van der Waals surface area contributed by atoms with Crippen LogP contribution in [0.5, 0.6) is 0 Å². The molecule has 49 heteroatoms. The van der Waals surface area contributed by atoms with Gasteiger partial charge in [-0.15, -0.1) is 12.8 Å². The van der Waals surface area contributed by atoms with Crippen LogP contribution in [0.1, 0.15) is 185 Å². The lowest BCUT2D eigenvalue weighted by atomic mass is 10.5. The molecule has 122 heavy (non-hydrogen) atoms. The van der Waals surface area contributed by atoms with Gasteiger partial charge in [-0.3, -0.25) is 0 Å². The van der Waals surface area contributed by atoms with Crippen LogP contribution in [0.2, 0.25) is 62.7 Å². The maximum absolute atomic E-state index is 6.12. The quantitative estimate of drug-likeness (QED) is 0.00881. The topological polar surface area (TPSA) is 417 Å². The Bertz CT molecular complexity index is 2770. The van der Waals surface area contributed by atoms with E-state index in [1.807, 2.05) is 132 Å². The highest BCUT2D eigenvalue weighted by atomic mass is 35.5. The monoisotopic (exact) mass is 1940 g/mol. The predicted molar refractivity (Wildman–Crippen MR) is 503 cm³/mol. The summed E-state index contributed by atoms with van der Waals surface area (Å²) in [6.07, 6.45) is 12.7. The van der Waals surface area contributed by atoms with Crippen molar-refractivity contribution in [3.8, 4) is 12.8 Å². The van der Waals surface area contributed by atoms with Gasteiger partial charge in [-0.25, -0.2) is 0 Å². The van der Waals surface area contributed by atoms with Crippen molar-refractivity contribution in [1.82, 2.24) is 65.1 Å². The van der Waals surface area contributed by atoms with E-state index in [1.165, 1.54) is 0 Å². The lowest BCUT2D eigenvalue weighted by molar-refractivity contribution is 0.0702. The average Bonchev–Trinajstić information content (AvgIpc) is 0.860. The van der Waals surface area contributed by atoms with Crippen molar-refractivity contribution in [2.24, 2.45) is 0 Å². The molecule has 0 amide bonds. The smallest absolute Gasteiger partial charge is 0.374 e. The highest BCUT2D eigenvalue weighted by molar-refractivity contribution is 6.62. The van der Waals surface area contributed by atoms with Crippen LogP contribution in [0.25, 0.3) is 0 Å². The molecule has 0 atom stereocenters. The zero-order valence-corrected chi connectivity index (χ0v) is 83.7. The molecule has 4 aromatic rings. The van der Waals surface area contributed by atoms with Gasteiger partial charge in [-0.05, 0) is 228 Å². The van der Waals surface area contributed by atoms with Gasteiger partial charge in [-0.2, -0.15) is 59.8 Å². The van der Waals surface area contributed by atoms with E-state index < -0.39 is 52.8 Å². The molecule has 0 unspecified atom stereocenters. The molecule has 0 saturated heterocycles. The summed E-state index contributed by atoms with van der Waals surface area (Å²) in [5.74, 6) is 3.08. The molecular formula is C73H153Cl5N20O18Si6. The molecule has 0 aromatic carbocycles. The summed E-state index contributed by atoms with van der Waals surface area (Å²) < 4.78 is 106. The van der Waals surface area contributed by atoms with Gasteiger partial charge in [-0.1, -0.05) is 22.3 Å². The Morgan fingerprint density at radius 3 is 0.467 bits per heavy atom. The lowest BCUT2D eigenvalue weighted by Crippen LogP contribution is -2.46. The van der Waals surface area contributed by atoms with E-state index in [2.05, 4.69) is 115 Å². The fourth-order valence-corrected chi connectivity index (χ4v) is 27.7. The van der Waals surface area contributed by atoms with E-state index in [4.69, 9.17) is 138 Å². The molecule has 0 aliphatic carbocycles. The third kappa shape index (κ3) is 54.5. The molecule has 0 aliphatic rings. The number of aromatic nitrogens is 12. The largest absolute Gasteiger partial charge is 0.500 e. The standard InChI is InChI=1S/C23H51N7O6Si2.2C21H44ClN5O6Si2.C3Cl3N3.C2H2.3CH4/c1-8-31-37(32-9-2,33-10-3)18-14-16-25-21-28-22(30-23(29-21)27-20-24-7)26-17-15-19-38(34-11-4,35-12-5)36-13-6;2*1-7-28-34(29-8-2,30-9-3)17-13-15-23-20-25-19(22)26-21(27-20)24-16-14-18-35(31-10-4,32-11-5)33-12-6;4-1-7-2(5)9-3(6)8-1;1-2;;;/h24H,8-20H2,1-7H3,(H3,25,26,27,28,29,30);2*7-18H2,1-6H3,(H2,23,24,25,26,27);;1-2H;3*1H4. The second-order valence-electron chi connectivity index (χ2n) is 23.7. The van der Waals surface area contributed by atoms with Gasteiger partial charge >= 0.3 is 52.8 Å². The van der Waals surface area contributed by atoms with E-state index >= 15 is 0 Å². The second kappa shape index (κ2) is 77.2. The van der Waals surface area contributed by atoms with Crippen molar-refractivity contribution in [3.63, 3.8) is 0 Å². The first-order valence-electron chi connectivity index (χ1n) is 41.4. The highest BCUT2D eigenvalue weighted by Crippen LogP contribution is 2.26. The summed E-state index contributed by atoms with van der Waals surface area (Å²) in [7, 11) is -14.2. The number of hydrogen-bond acceptors (Lipinski definition) is 38. The Balaban J connectivity index is -0.000000794. The van der Waals surface area contributed by atoms with E-state index in [1.54, 1.807) is 0 Å². The van der Waals surface area contributed by atoms with Crippen LogP contribution in [0.4, 0.5) is 41.6 Å². The van der Waals surface area contributed by atoms with Gasteiger partial charge in [0, 0.05) is 194 Å². The third-order valence-corrected chi connectivity index (χ3v) is 34.8. The number of halogens is 5. The van der Waals surface area contributed by atoms with Gasteiger partial charge < -0.3 is 122 Å². The minimum absolute atomic E-state index is 0. The van der Waals surface area contributed by atoms with Gasteiger partial charge in [0.05, 0.1) is 6.67 Å². The summed E-state index contributed by atoms with van der Waals surface area (Å²) in [5, 5.41) is 25.9. The minimum atomic E-state index is -2.68. The molecular weight excluding hydrogens is 1790 g/mol. The van der Waals surface area contributed by atoms with Crippen LogP contribution >= 0.6 is 58.0 Å². The van der Waals surface area contributed by atoms with Gasteiger partial charge in [0.1, 0.15) is 0 Å². The van der Waals surface area contributed by atoms with Crippen LogP contribution in [-0.2, 0) is 79.7 Å². The van der Waals surface area contributed by atoms with Crippen LogP contribution in [0, 0.1) is 12.8 Å². The molecule has 4 heterocycles. The minimum Gasteiger partial charge on any atom is -0.374 e. The van der Waals surface area contributed by atoms with Crippen LogP contribution in [-0.4, -0.2) is 285 Å². The SMILES string of the molecule is C.C.C.C#C.CCO[Si](CCCNc1nc(Cl)nc(NCCC[Si](OCC)(OCC)OCC)n1)(OCC)OCC.CCO[Si](CCCNc1nc(Cl)nc(NCCC[Si](OCC)(OCC)OCC)n1)(OCC)OCC.CCO[Si](CCCNc1nc(NCCC[Si](OCC)(OCC)OCC)nc(NCNC)n1)(OCC)OCC.Clc1nc(Cl)nc(Cl)n1. The van der Waals surface area contributed by atoms with Gasteiger partial charge in [0.25, 0.3) is 0 Å². The summed E-state index contributed by atoms with van der Waals surface area (Å²) in [4.78, 5) is 49.5. The molecule has 0 fully saturated rings. The maximum Gasteiger partial charge on any atom is 0.500 e. The number of nitrogens with one attached hydrogen (secondary N) is 8. The Labute approximate surface area is 762 Å². The Morgan fingerprint density at radius 1 is 0.213 bits per heavy atom. The zero-order chi connectivity index (χ0) is 89.0. The van der Waals surface area contributed by atoms with Crippen LogP contribution in [0.15, 0.2) is 0 Å². The van der Waals surface area contributed by atoms with Crippen LogP contribution < -0.4 is 42.5 Å². The molecule has 0 spiro atoms.